The second-order valence-corrected chi connectivity index (χ2v) is 2.87. The molecule has 0 amide bonds. The third-order valence-electron chi connectivity index (χ3n) is 1.34. The Balaban J connectivity index is 0.000000810. The first-order chi connectivity index (χ1) is 4.34. The van der Waals surface area contributed by atoms with Gasteiger partial charge < -0.3 is 4.90 Å². The Bertz CT molecular complexity index is 145. The largest absolute Gasteiger partial charge is 0.362 e. The molecule has 0 fully saturated rings. The Morgan fingerprint density at radius 3 is 2.60 bits per heavy atom. The first-order valence-electron chi connectivity index (χ1n) is 3.09. The quantitative estimate of drug-likeness (QED) is 0.489. The summed E-state index contributed by atoms with van der Waals surface area (Å²) in [5, 5.41) is 0. The van der Waals surface area contributed by atoms with Gasteiger partial charge in [0.1, 0.15) is 4.95 Å². The van der Waals surface area contributed by atoms with Crippen LogP contribution in [0, 0.1) is 0 Å². The predicted molar refractivity (Wildman–Crippen MR) is 50.6 cm³/mol. The maximum absolute atomic E-state index is 3.50. The molecule has 3 heteroatoms. The second kappa shape index (κ2) is 4.80. The summed E-state index contributed by atoms with van der Waals surface area (Å²) in [7, 11) is 0. The van der Waals surface area contributed by atoms with Gasteiger partial charge in [0.25, 0.3) is 0 Å². The summed E-state index contributed by atoms with van der Waals surface area (Å²) in [6, 6.07) is 0. The molecular weight excluding hydrogens is 213 g/mol. The van der Waals surface area contributed by atoms with E-state index in [4.69, 9.17) is 0 Å². The monoisotopic (exact) mass is 223 g/mol. The van der Waals surface area contributed by atoms with E-state index >= 15 is 0 Å². The lowest BCUT2D eigenvalue weighted by atomic mass is 10.3. The molecule has 1 aliphatic rings. The van der Waals surface area contributed by atoms with Crippen LogP contribution < -0.4 is 0 Å². The number of likely N-dealkylation sites (N-methyl/N-ethyl adjacent to an activating group) is 1. The third kappa shape index (κ3) is 2.35. The van der Waals surface area contributed by atoms with Crippen molar-refractivity contribution in [2.75, 3.05) is 6.54 Å². The molecule has 58 valence electrons. The van der Waals surface area contributed by atoms with Crippen molar-refractivity contribution in [3.8, 4) is 0 Å². The van der Waals surface area contributed by atoms with Gasteiger partial charge in [0.15, 0.2) is 0 Å². The topological polar surface area (TPSA) is 3.24 Å². The number of allylic oxidation sites excluding steroid dienone is 2. The zero-order valence-electron chi connectivity index (χ0n) is 5.83. The Labute approximate surface area is 76.3 Å². The maximum atomic E-state index is 3.50. The average Bonchev–Trinajstić information content (AvgIpc) is 1.89. The van der Waals surface area contributed by atoms with Crippen LogP contribution >= 0.6 is 28.3 Å². The van der Waals surface area contributed by atoms with E-state index in [9.17, 15) is 0 Å². The SMILES string of the molecule is CCN1C=CC=CC1Br.Cl. The minimum atomic E-state index is 0. The Morgan fingerprint density at radius 1 is 1.50 bits per heavy atom. The van der Waals surface area contributed by atoms with Crippen LogP contribution in [0.1, 0.15) is 6.92 Å². The maximum Gasteiger partial charge on any atom is 0.103 e. The van der Waals surface area contributed by atoms with Crippen molar-refractivity contribution < 1.29 is 0 Å². The molecule has 0 aromatic heterocycles. The van der Waals surface area contributed by atoms with Gasteiger partial charge in [-0.15, -0.1) is 12.4 Å². The molecule has 0 aliphatic carbocycles. The molecule has 0 aromatic carbocycles. The number of rotatable bonds is 1. The van der Waals surface area contributed by atoms with Gasteiger partial charge in [-0.3, -0.25) is 0 Å². The molecule has 1 unspecified atom stereocenters. The summed E-state index contributed by atoms with van der Waals surface area (Å²) in [6.45, 7) is 3.19. The lowest BCUT2D eigenvalue weighted by molar-refractivity contribution is 0.414. The van der Waals surface area contributed by atoms with Gasteiger partial charge >= 0.3 is 0 Å². The van der Waals surface area contributed by atoms with Crippen LogP contribution in [-0.2, 0) is 0 Å². The summed E-state index contributed by atoms with van der Waals surface area (Å²) in [5.74, 6) is 0. The van der Waals surface area contributed by atoms with Gasteiger partial charge in [-0.2, -0.15) is 0 Å². The van der Waals surface area contributed by atoms with E-state index < -0.39 is 0 Å². The zero-order chi connectivity index (χ0) is 6.69. The van der Waals surface area contributed by atoms with E-state index in [-0.39, 0.29) is 12.4 Å². The lowest BCUT2D eigenvalue weighted by Gasteiger charge is -2.23. The van der Waals surface area contributed by atoms with Crippen molar-refractivity contribution in [2.24, 2.45) is 0 Å². The van der Waals surface area contributed by atoms with E-state index in [1.54, 1.807) is 0 Å². The third-order valence-corrected chi connectivity index (χ3v) is 2.17. The molecule has 0 saturated carbocycles. The Kier molecular flexibility index (Phi) is 4.83. The Morgan fingerprint density at radius 2 is 2.20 bits per heavy atom. The van der Waals surface area contributed by atoms with Crippen LogP contribution in [0.4, 0.5) is 0 Å². The van der Waals surface area contributed by atoms with Crippen LogP contribution in [0.5, 0.6) is 0 Å². The average molecular weight is 225 g/mol. The highest BCUT2D eigenvalue weighted by Crippen LogP contribution is 2.12. The predicted octanol–water partition coefficient (Wildman–Crippen LogP) is 2.53. The second-order valence-electron chi connectivity index (χ2n) is 1.93. The lowest BCUT2D eigenvalue weighted by Crippen LogP contribution is -2.24. The molecule has 1 atom stereocenters. The number of hydrogen-bond acceptors (Lipinski definition) is 1. The summed E-state index contributed by atoms with van der Waals surface area (Å²) in [4.78, 5) is 2.60. The van der Waals surface area contributed by atoms with Crippen molar-refractivity contribution >= 4 is 28.3 Å². The standard InChI is InChI=1S/C7H10BrN.ClH/c1-2-9-6-4-3-5-7(9)8;/h3-7H,2H2,1H3;1H. The van der Waals surface area contributed by atoms with Crippen LogP contribution in [-0.4, -0.2) is 16.4 Å². The van der Waals surface area contributed by atoms with Crippen molar-refractivity contribution in [3.05, 3.63) is 24.4 Å². The summed E-state index contributed by atoms with van der Waals surface area (Å²) in [6.07, 6.45) is 8.29. The van der Waals surface area contributed by atoms with Crippen molar-refractivity contribution in [3.63, 3.8) is 0 Å². The normalized spacial score (nSPS) is 22.6. The molecule has 0 bridgehead atoms. The van der Waals surface area contributed by atoms with Gasteiger partial charge in [-0.05, 0) is 13.0 Å². The van der Waals surface area contributed by atoms with E-state index in [0.29, 0.717) is 4.95 Å². The fraction of sp³-hybridized carbons (Fsp3) is 0.429. The molecule has 0 saturated heterocycles. The molecule has 1 nitrogen and oxygen atoms in total. The minimum absolute atomic E-state index is 0. The highest BCUT2D eigenvalue weighted by Gasteiger charge is 2.06. The van der Waals surface area contributed by atoms with Crippen molar-refractivity contribution in [2.45, 2.75) is 11.9 Å². The molecule has 0 spiro atoms. The smallest absolute Gasteiger partial charge is 0.103 e. The molecule has 1 rings (SSSR count). The number of alkyl halides is 1. The van der Waals surface area contributed by atoms with E-state index in [1.165, 1.54) is 0 Å². The van der Waals surface area contributed by atoms with Crippen LogP contribution in [0.25, 0.3) is 0 Å². The van der Waals surface area contributed by atoms with Gasteiger partial charge in [0.2, 0.25) is 0 Å². The number of nitrogens with zero attached hydrogens (tertiary/aromatic N) is 1. The van der Waals surface area contributed by atoms with E-state index in [1.807, 2.05) is 12.2 Å². The Hall–Kier alpha value is 0.0500. The summed E-state index contributed by atoms with van der Waals surface area (Å²) >= 11 is 3.50. The zero-order valence-corrected chi connectivity index (χ0v) is 8.23. The molecule has 1 heterocycles. The first-order valence-corrected chi connectivity index (χ1v) is 4.01. The minimum Gasteiger partial charge on any atom is -0.362 e. The molecule has 0 aromatic rings. The van der Waals surface area contributed by atoms with Crippen molar-refractivity contribution in [1.82, 2.24) is 4.90 Å². The van der Waals surface area contributed by atoms with Crippen LogP contribution in [0.2, 0.25) is 0 Å². The highest BCUT2D eigenvalue weighted by atomic mass is 79.9. The van der Waals surface area contributed by atoms with Gasteiger partial charge in [0.05, 0.1) is 0 Å². The fourth-order valence-corrected chi connectivity index (χ4v) is 1.39. The van der Waals surface area contributed by atoms with E-state index in [2.05, 4.69) is 40.0 Å². The van der Waals surface area contributed by atoms with E-state index in [0.717, 1.165) is 6.54 Å². The first kappa shape index (κ1) is 10.0. The summed E-state index contributed by atoms with van der Waals surface area (Å²) < 4.78 is 0. The summed E-state index contributed by atoms with van der Waals surface area (Å²) in [5.41, 5.74) is 0. The van der Waals surface area contributed by atoms with Crippen molar-refractivity contribution in [1.29, 1.82) is 0 Å². The number of halogens is 2. The van der Waals surface area contributed by atoms with Gasteiger partial charge in [-0.1, -0.05) is 28.1 Å². The van der Waals surface area contributed by atoms with Gasteiger partial charge in [0, 0.05) is 12.7 Å². The highest BCUT2D eigenvalue weighted by molar-refractivity contribution is 9.09. The molecule has 0 N–H and O–H groups in total. The molecule has 10 heavy (non-hydrogen) atoms. The van der Waals surface area contributed by atoms with Crippen LogP contribution in [0.3, 0.4) is 0 Å². The molecular formula is C7H11BrClN. The molecule has 0 radical (unpaired) electrons. The molecule has 1 aliphatic heterocycles. The van der Waals surface area contributed by atoms with Crippen LogP contribution in [0.15, 0.2) is 24.4 Å². The van der Waals surface area contributed by atoms with Gasteiger partial charge in [-0.25, -0.2) is 0 Å². The number of hydrogen-bond donors (Lipinski definition) is 0. The fourth-order valence-electron chi connectivity index (χ4n) is 0.789.